The Hall–Kier alpha value is -1.27. The van der Waals surface area contributed by atoms with Crippen molar-refractivity contribution in [3.63, 3.8) is 0 Å². The molecule has 0 bridgehead atoms. The second-order valence-electron chi connectivity index (χ2n) is 5.68. The summed E-state index contributed by atoms with van der Waals surface area (Å²) in [6.07, 6.45) is -5.44. The number of hydrogen-bond donors (Lipinski definition) is 0. The molecule has 1 amide bonds. The minimum absolute atomic E-state index is 0.116. The van der Waals surface area contributed by atoms with Crippen LogP contribution in [-0.4, -0.2) is 43.2 Å². The third kappa shape index (κ3) is 6.25. The highest BCUT2D eigenvalue weighted by molar-refractivity contribution is 5.98. The van der Waals surface area contributed by atoms with Gasteiger partial charge in [-0.15, -0.1) is 0 Å². The number of nitrogens with zero attached hydrogens (tertiary/aromatic N) is 1. The Morgan fingerprint density at radius 1 is 1.20 bits per heavy atom. The first-order chi connectivity index (χ1) is 8.90. The summed E-state index contributed by atoms with van der Waals surface area (Å²) in [4.78, 5) is 25.0. The van der Waals surface area contributed by atoms with Gasteiger partial charge in [-0.3, -0.25) is 9.59 Å². The van der Waals surface area contributed by atoms with Crippen LogP contribution in [0.4, 0.5) is 13.2 Å². The van der Waals surface area contributed by atoms with Gasteiger partial charge in [0.05, 0.1) is 13.0 Å². The average molecular weight is 297 g/mol. The summed E-state index contributed by atoms with van der Waals surface area (Å²) in [5.74, 6) is -2.47. The molecule has 0 aliphatic heterocycles. The Labute approximate surface area is 117 Å². The number of halogens is 3. The number of amides is 1. The maximum atomic E-state index is 12.2. The lowest BCUT2D eigenvalue weighted by molar-refractivity contribution is -0.161. The summed E-state index contributed by atoms with van der Waals surface area (Å²) in [7, 11) is 1.26. The quantitative estimate of drug-likeness (QED) is 0.579. The fourth-order valence-electron chi connectivity index (χ4n) is 1.68. The van der Waals surface area contributed by atoms with E-state index in [9.17, 15) is 22.8 Å². The molecule has 1 unspecified atom stereocenters. The predicted molar refractivity (Wildman–Crippen MR) is 67.9 cm³/mol. The number of alkyl halides is 3. The highest BCUT2D eigenvalue weighted by atomic mass is 19.4. The van der Waals surface area contributed by atoms with Gasteiger partial charge in [-0.1, -0.05) is 20.8 Å². The van der Waals surface area contributed by atoms with Crippen LogP contribution in [0.5, 0.6) is 0 Å². The molecule has 1 atom stereocenters. The maximum Gasteiger partial charge on any atom is 0.390 e. The lowest BCUT2D eigenvalue weighted by Crippen LogP contribution is -2.45. The van der Waals surface area contributed by atoms with Gasteiger partial charge in [-0.2, -0.15) is 13.2 Å². The summed E-state index contributed by atoms with van der Waals surface area (Å²) in [5, 5.41) is 0. The van der Waals surface area contributed by atoms with Gasteiger partial charge < -0.3 is 9.64 Å². The monoisotopic (exact) mass is 297 g/mol. The highest BCUT2D eigenvalue weighted by Crippen LogP contribution is 2.29. The van der Waals surface area contributed by atoms with Crippen LogP contribution >= 0.6 is 0 Å². The summed E-state index contributed by atoms with van der Waals surface area (Å²) < 4.78 is 41.3. The molecule has 0 spiro atoms. The van der Waals surface area contributed by atoms with E-state index in [0.29, 0.717) is 0 Å². The van der Waals surface area contributed by atoms with E-state index in [2.05, 4.69) is 0 Å². The SMILES string of the molecule is CCOC(=O)C(C(=O)N(C)CCC(F)(F)F)C(C)(C)C. The molecule has 0 heterocycles. The Morgan fingerprint density at radius 3 is 2.05 bits per heavy atom. The summed E-state index contributed by atoms with van der Waals surface area (Å²) in [5.41, 5.74) is -0.726. The topological polar surface area (TPSA) is 46.6 Å². The van der Waals surface area contributed by atoms with Crippen LogP contribution in [0.3, 0.4) is 0 Å². The van der Waals surface area contributed by atoms with Crippen molar-refractivity contribution in [1.29, 1.82) is 0 Å². The fraction of sp³-hybridized carbons (Fsp3) is 0.846. The minimum atomic E-state index is -4.34. The molecule has 0 saturated heterocycles. The molecule has 4 nitrogen and oxygen atoms in total. The van der Waals surface area contributed by atoms with Crippen LogP contribution in [0.2, 0.25) is 0 Å². The molecule has 20 heavy (non-hydrogen) atoms. The molecule has 0 N–H and O–H groups in total. The second-order valence-corrected chi connectivity index (χ2v) is 5.68. The molecule has 0 aliphatic carbocycles. The van der Waals surface area contributed by atoms with Crippen molar-refractivity contribution in [2.75, 3.05) is 20.2 Å². The normalized spacial score (nSPS) is 13.8. The molecule has 0 aromatic rings. The van der Waals surface area contributed by atoms with Crippen LogP contribution < -0.4 is 0 Å². The Kier molecular flexibility index (Phi) is 6.50. The van der Waals surface area contributed by atoms with Gasteiger partial charge in [0.25, 0.3) is 0 Å². The van der Waals surface area contributed by atoms with Gasteiger partial charge >= 0.3 is 12.1 Å². The average Bonchev–Trinajstić information content (AvgIpc) is 2.23. The summed E-state index contributed by atoms with van der Waals surface area (Å²) in [6.45, 7) is 6.26. The number of hydrogen-bond acceptors (Lipinski definition) is 3. The van der Waals surface area contributed by atoms with Gasteiger partial charge in [-0.25, -0.2) is 0 Å². The lowest BCUT2D eigenvalue weighted by atomic mass is 9.80. The van der Waals surface area contributed by atoms with E-state index in [-0.39, 0.29) is 6.61 Å². The molecule has 0 aliphatic rings. The number of carbonyl (C=O) groups excluding carboxylic acids is 2. The van der Waals surface area contributed by atoms with Crippen LogP contribution in [0.25, 0.3) is 0 Å². The number of ether oxygens (including phenoxy) is 1. The Balaban J connectivity index is 4.92. The molecule has 118 valence electrons. The highest BCUT2D eigenvalue weighted by Gasteiger charge is 2.41. The van der Waals surface area contributed by atoms with Crippen molar-refractivity contribution in [2.24, 2.45) is 11.3 Å². The fourth-order valence-corrected chi connectivity index (χ4v) is 1.68. The van der Waals surface area contributed by atoms with E-state index < -0.39 is 42.4 Å². The first kappa shape index (κ1) is 18.7. The maximum absolute atomic E-state index is 12.2. The number of esters is 1. The van der Waals surface area contributed by atoms with Crippen molar-refractivity contribution in [3.8, 4) is 0 Å². The van der Waals surface area contributed by atoms with Crippen LogP contribution in [-0.2, 0) is 14.3 Å². The summed E-state index contributed by atoms with van der Waals surface area (Å²) >= 11 is 0. The molecular weight excluding hydrogens is 275 g/mol. The van der Waals surface area contributed by atoms with Crippen molar-refractivity contribution < 1.29 is 27.5 Å². The number of rotatable bonds is 5. The van der Waals surface area contributed by atoms with Crippen molar-refractivity contribution in [2.45, 2.75) is 40.3 Å². The van der Waals surface area contributed by atoms with Crippen LogP contribution in [0, 0.1) is 11.3 Å². The first-order valence-electron chi connectivity index (χ1n) is 6.38. The van der Waals surface area contributed by atoms with Crippen molar-refractivity contribution in [1.82, 2.24) is 4.90 Å². The Bertz CT molecular complexity index is 348. The van der Waals surface area contributed by atoms with Gasteiger partial charge in [0.2, 0.25) is 5.91 Å². The van der Waals surface area contributed by atoms with E-state index in [1.165, 1.54) is 7.05 Å². The molecule has 0 aromatic heterocycles. The van der Waals surface area contributed by atoms with Crippen molar-refractivity contribution >= 4 is 11.9 Å². The van der Waals surface area contributed by atoms with Gasteiger partial charge in [-0.05, 0) is 12.3 Å². The van der Waals surface area contributed by atoms with Gasteiger partial charge in [0.15, 0.2) is 0 Å². The molecule has 0 fully saturated rings. The third-order valence-electron chi connectivity index (χ3n) is 2.74. The van der Waals surface area contributed by atoms with E-state index in [0.717, 1.165) is 4.90 Å². The van der Waals surface area contributed by atoms with Crippen LogP contribution in [0.1, 0.15) is 34.1 Å². The van der Waals surface area contributed by atoms with E-state index >= 15 is 0 Å². The first-order valence-corrected chi connectivity index (χ1v) is 6.38. The predicted octanol–water partition coefficient (Wildman–Crippen LogP) is 2.62. The van der Waals surface area contributed by atoms with E-state index in [1.807, 2.05) is 0 Å². The smallest absolute Gasteiger partial charge is 0.390 e. The second kappa shape index (κ2) is 6.95. The standard InChI is InChI=1S/C13H22F3NO3/c1-6-20-11(19)9(12(2,3)4)10(18)17(5)8-7-13(14,15)16/h9H,6-8H2,1-5H3. The lowest BCUT2D eigenvalue weighted by Gasteiger charge is -2.31. The molecule has 0 radical (unpaired) electrons. The summed E-state index contributed by atoms with van der Waals surface area (Å²) in [6, 6.07) is 0. The third-order valence-corrected chi connectivity index (χ3v) is 2.74. The van der Waals surface area contributed by atoms with E-state index in [1.54, 1.807) is 27.7 Å². The van der Waals surface area contributed by atoms with Crippen molar-refractivity contribution in [3.05, 3.63) is 0 Å². The molecular formula is C13H22F3NO3. The van der Waals surface area contributed by atoms with Gasteiger partial charge in [0.1, 0.15) is 5.92 Å². The van der Waals surface area contributed by atoms with Gasteiger partial charge in [0, 0.05) is 13.6 Å². The molecule has 0 saturated carbocycles. The Morgan fingerprint density at radius 2 is 1.70 bits per heavy atom. The molecule has 0 aromatic carbocycles. The van der Waals surface area contributed by atoms with E-state index in [4.69, 9.17) is 4.74 Å². The zero-order valence-electron chi connectivity index (χ0n) is 12.5. The minimum Gasteiger partial charge on any atom is -0.465 e. The number of carbonyl (C=O) groups is 2. The zero-order chi connectivity index (χ0) is 16.1. The van der Waals surface area contributed by atoms with Crippen LogP contribution in [0.15, 0.2) is 0 Å². The largest absolute Gasteiger partial charge is 0.465 e. The molecule has 7 heteroatoms. The zero-order valence-corrected chi connectivity index (χ0v) is 12.5. The molecule has 0 rings (SSSR count).